The third kappa shape index (κ3) is 2.30. The number of carboxylic acid groups (broad SMARTS) is 1. The predicted octanol–water partition coefficient (Wildman–Crippen LogP) is 0.757. The van der Waals surface area contributed by atoms with Crippen LogP contribution in [0.3, 0.4) is 0 Å². The summed E-state index contributed by atoms with van der Waals surface area (Å²) in [7, 11) is 0. The number of urea groups is 1. The fraction of sp³-hybridized carbons (Fsp3) is 0.444. The topological polar surface area (TPSA) is 82.5 Å². The quantitative estimate of drug-likeness (QED) is 0.818. The summed E-state index contributed by atoms with van der Waals surface area (Å²) in [5, 5.41) is 13.6. The van der Waals surface area contributed by atoms with Crippen LogP contribution in [0.2, 0.25) is 0 Å². The normalized spacial score (nSPS) is 16.0. The van der Waals surface area contributed by atoms with E-state index in [-0.39, 0.29) is 11.7 Å². The van der Waals surface area contributed by atoms with Crippen LogP contribution in [-0.4, -0.2) is 40.1 Å². The maximum Gasteiger partial charge on any atom is 0.355 e. The van der Waals surface area contributed by atoms with Crippen molar-refractivity contribution in [3.8, 4) is 0 Å². The van der Waals surface area contributed by atoms with E-state index in [1.165, 1.54) is 16.7 Å². The molecule has 1 aromatic heterocycles. The highest BCUT2D eigenvalue weighted by atomic mass is 32.1. The molecule has 2 amide bonds. The van der Waals surface area contributed by atoms with Crippen LogP contribution >= 0.6 is 11.3 Å². The Morgan fingerprint density at radius 1 is 1.69 bits per heavy atom. The van der Waals surface area contributed by atoms with Crippen LogP contribution in [0.1, 0.15) is 21.9 Å². The lowest BCUT2D eigenvalue weighted by Gasteiger charge is -2.26. The summed E-state index contributed by atoms with van der Waals surface area (Å²) in [6.45, 7) is 1.77. The summed E-state index contributed by atoms with van der Waals surface area (Å²) in [5.74, 6) is -1.04. The van der Waals surface area contributed by atoms with Crippen LogP contribution in [0.5, 0.6) is 0 Å². The van der Waals surface area contributed by atoms with E-state index in [0.29, 0.717) is 24.6 Å². The number of hydrogen-bond donors (Lipinski definition) is 2. The van der Waals surface area contributed by atoms with Crippen molar-refractivity contribution in [3.63, 3.8) is 0 Å². The number of amides is 2. The van der Waals surface area contributed by atoms with E-state index in [9.17, 15) is 9.59 Å². The third-order valence-corrected chi connectivity index (χ3v) is 3.10. The molecule has 0 saturated carbocycles. The van der Waals surface area contributed by atoms with Gasteiger partial charge in [0.25, 0.3) is 0 Å². The molecular weight excluding hydrogens is 230 g/mol. The van der Waals surface area contributed by atoms with E-state index in [2.05, 4.69) is 10.3 Å². The van der Waals surface area contributed by atoms with E-state index in [1.807, 2.05) is 0 Å². The minimum Gasteiger partial charge on any atom is -0.476 e. The molecule has 7 heteroatoms. The molecular formula is C9H11N3O3S. The van der Waals surface area contributed by atoms with Crippen molar-refractivity contribution in [1.82, 2.24) is 15.2 Å². The number of rotatable bonds is 3. The molecule has 0 unspecified atom stereocenters. The monoisotopic (exact) mass is 241 g/mol. The highest BCUT2D eigenvalue weighted by molar-refractivity contribution is 7.09. The first-order valence-corrected chi connectivity index (χ1v) is 5.75. The minimum absolute atomic E-state index is 0.0393. The zero-order valence-electron chi connectivity index (χ0n) is 8.47. The van der Waals surface area contributed by atoms with Gasteiger partial charge in [0.15, 0.2) is 5.69 Å². The first-order chi connectivity index (χ1) is 7.66. The summed E-state index contributed by atoms with van der Waals surface area (Å²) in [5.41, 5.74) is 0.0393. The molecule has 0 atom stereocenters. The number of carbonyl (C=O) groups excluding carboxylic acids is 1. The molecule has 1 aliphatic rings. The molecule has 0 spiro atoms. The Morgan fingerprint density at radius 3 is 3.12 bits per heavy atom. The van der Waals surface area contributed by atoms with Crippen LogP contribution < -0.4 is 5.32 Å². The second kappa shape index (κ2) is 4.48. The van der Waals surface area contributed by atoms with Gasteiger partial charge in [-0.25, -0.2) is 14.6 Å². The number of thiazole rings is 1. The molecule has 1 aliphatic heterocycles. The molecule has 0 aromatic carbocycles. The molecule has 2 N–H and O–H groups in total. The number of carboxylic acids is 1. The van der Waals surface area contributed by atoms with Gasteiger partial charge in [0.1, 0.15) is 5.01 Å². The Kier molecular flexibility index (Phi) is 3.04. The summed E-state index contributed by atoms with van der Waals surface area (Å²) in [6.07, 6.45) is 0.906. The summed E-state index contributed by atoms with van der Waals surface area (Å²) < 4.78 is 0. The van der Waals surface area contributed by atoms with Gasteiger partial charge in [-0.15, -0.1) is 11.3 Å². The minimum atomic E-state index is -1.04. The Morgan fingerprint density at radius 2 is 2.50 bits per heavy atom. The molecule has 1 saturated heterocycles. The Labute approximate surface area is 95.9 Å². The summed E-state index contributed by atoms with van der Waals surface area (Å²) >= 11 is 1.26. The molecule has 0 bridgehead atoms. The second-order valence-electron chi connectivity index (χ2n) is 3.44. The molecule has 16 heavy (non-hydrogen) atoms. The van der Waals surface area contributed by atoms with Crippen LogP contribution in [0, 0.1) is 0 Å². The van der Waals surface area contributed by atoms with Gasteiger partial charge in [0, 0.05) is 18.5 Å². The second-order valence-corrected chi connectivity index (χ2v) is 4.38. The lowest BCUT2D eigenvalue weighted by Crippen LogP contribution is -2.45. The Hall–Kier alpha value is -1.63. The molecule has 0 aliphatic carbocycles. The van der Waals surface area contributed by atoms with E-state index in [4.69, 9.17) is 5.11 Å². The van der Waals surface area contributed by atoms with E-state index in [0.717, 1.165) is 6.42 Å². The number of nitrogens with one attached hydrogen (secondary N) is 1. The average molecular weight is 241 g/mol. The number of hydrogen-bond acceptors (Lipinski definition) is 4. The molecule has 0 radical (unpaired) electrons. The van der Waals surface area contributed by atoms with Crippen molar-refractivity contribution < 1.29 is 14.7 Å². The SMILES string of the molecule is O=C(O)c1csc(CN2CCCNC2=O)n1. The maximum absolute atomic E-state index is 11.4. The van der Waals surface area contributed by atoms with Gasteiger partial charge >= 0.3 is 12.0 Å². The highest BCUT2D eigenvalue weighted by Gasteiger charge is 2.19. The summed E-state index contributed by atoms with van der Waals surface area (Å²) in [6, 6.07) is -0.113. The van der Waals surface area contributed by atoms with Crippen molar-refractivity contribution in [3.05, 3.63) is 16.1 Å². The first kappa shape index (κ1) is 10.9. The molecule has 6 nitrogen and oxygen atoms in total. The zero-order valence-corrected chi connectivity index (χ0v) is 9.29. The van der Waals surface area contributed by atoms with Crippen LogP contribution in [-0.2, 0) is 6.54 Å². The predicted molar refractivity (Wildman–Crippen MR) is 57.5 cm³/mol. The molecule has 1 fully saturated rings. The largest absolute Gasteiger partial charge is 0.476 e. The average Bonchev–Trinajstić information content (AvgIpc) is 2.70. The van der Waals surface area contributed by atoms with Crippen molar-refractivity contribution >= 4 is 23.3 Å². The van der Waals surface area contributed by atoms with Gasteiger partial charge in [0.05, 0.1) is 6.54 Å². The van der Waals surface area contributed by atoms with Gasteiger partial charge in [-0.3, -0.25) is 0 Å². The highest BCUT2D eigenvalue weighted by Crippen LogP contribution is 2.13. The fourth-order valence-corrected chi connectivity index (χ4v) is 2.26. The van der Waals surface area contributed by atoms with Gasteiger partial charge < -0.3 is 15.3 Å². The van der Waals surface area contributed by atoms with Crippen molar-refractivity contribution in [1.29, 1.82) is 0 Å². The molecule has 2 rings (SSSR count). The first-order valence-electron chi connectivity index (χ1n) is 4.87. The fourth-order valence-electron chi connectivity index (χ4n) is 1.47. The molecule has 1 aromatic rings. The zero-order chi connectivity index (χ0) is 11.5. The van der Waals surface area contributed by atoms with Crippen LogP contribution in [0.4, 0.5) is 4.79 Å². The molecule has 86 valence electrons. The van der Waals surface area contributed by atoms with Gasteiger partial charge in [-0.2, -0.15) is 0 Å². The van der Waals surface area contributed by atoms with Crippen molar-refractivity contribution in [2.24, 2.45) is 0 Å². The van der Waals surface area contributed by atoms with Gasteiger partial charge in [0.2, 0.25) is 0 Å². The van der Waals surface area contributed by atoms with Crippen LogP contribution in [0.25, 0.3) is 0 Å². The smallest absolute Gasteiger partial charge is 0.355 e. The van der Waals surface area contributed by atoms with Gasteiger partial charge in [-0.05, 0) is 6.42 Å². The lowest BCUT2D eigenvalue weighted by molar-refractivity contribution is 0.0691. The Bertz CT molecular complexity index is 418. The summed E-state index contributed by atoms with van der Waals surface area (Å²) in [4.78, 5) is 27.6. The van der Waals surface area contributed by atoms with Gasteiger partial charge in [-0.1, -0.05) is 0 Å². The van der Waals surface area contributed by atoms with Crippen LogP contribution in [0.15, 0.2) is 5.38 Å². The number of aromatic nitrogens is 1. The Balaban J connectivity index is 2.02. The van der Waals surface area contributed by atoms with E-state index < -0.39 is 5.97 Å². The van der Waals surface area contributed by atoms with Crippen molar-refractivity contribution in [2.75, 3.05) is 13.1 Å². The standard InChI is InChI=1S/C9H11N3O3S/c13-8(14)6-5-16-7(11-6)4-12-3-1-2-10-9(12)15/h5H,1-4H2,(H,10,15)(H,13,14). The third-order valence-electron chi connectivity index (χ3n) is 2.27. The number of aromatic carboxylic acids is 1. The number of nitrogens with zero attached hydrogens (tertiary/aromatic N) is 2. The molecule has 2 heterocycles. The van der Waals surface area contributed by atoms with E-state index >= 15 is 0 Å². The lowest BCUT2D eigenvalue weighted by atomic mass is 10.3. The van der Waals surface area contributed by atoms with E-state index in [1.54, 1.807) is 4.90 Å². The maximum atomic E-state index is 11.4. The van der Waals surface area contributed by atoms with Crippen molar-refractivity contribution in [2.45, 2.75) is 13.0 Å². The number of carbonyl (C=O) groups is 2.